The molecule has 0 heterocycles. The number of carbonyl (C=O) groups excluding carboxylic acids is 1. The van der Waals surface area contributed by atoms with Gasteiger partial charge in [0.2, 0.25) is 8.32 Å². The van der Waals surface area contributed by atoms with Gasteiger partial charge in [-0.25, -0.2) is 4.79 Å². The summed E-state index contributed by atoms with van der Waals surface area (Å²) in [5.41, 5.74) is -0.169. The third kappa shape index (κ3) is 4.70. The fourth-order valence-corrected chi connectivity index (χ4v) is 8.81. The molecule has 0 aromatic heterocycles. The van der Waals surface area contributed by atoms with Gasteiger partial charge >= 0.3 is 5.97 Å². The topological polar surface area (TPSA) is 35.5 Å². The van der Waals surface area contributed by atoms with Gasteiger partial charge in [0.15, 0.2) is 8.32 Å². The van der Waals surface area contributed by atoms with Crippen molar-refractivity contribution in [3.05, 3.63) is 12.7 Å². The zero-order valence-electron chi connectivity index (χ0n) is 13.1. The monoisotopic (exact) mass is 288 g/mol. The minimum absolute atomic E-state index is 0.166. The first-order chi connectivity index (χ1) is 7.83. The maximum Gasteiger partial charge on any atom is 0.330 e. The third-order valence-corrected chi connectivity index (χ3v) is 13.6. The largest absolute Gasteiger partial charge is 0.460 e. The van der Waals surface area contributed by atoms with Crippen LogP contribution >= 0.6 is 0 Å². The van der Waals surface area contributed by atoms with Crippen molar-refractivity contribution in [3.63, 3.8) is 0 Å². The molecule has 18 heavy (non-hydrogen) atoms. The Morgan fingerprint density at radius 1 is 1.22 bits per heavy atom. The van der Waals surface area contributed by atoms with Gasteiger partial charge in [0, 0.05) is 6.08 Å². The SMILES string of the molecule is C=CC(=O)OC(C)[Si](C)(C)O[Si](C)(C)C(C)(C)C. The molecule has 0 aromatic rings. The second-order valence-corrected chi connectivity index (χ2v) is 16.1. The Labute approximate surface area is 114 Å². The standard InChI is InChI=1S/C13H28O3Si2/c1-10-12(14)15-11(2)17(6,7)16-18(8,9)13(3,4)5/h10-11H,1H2,2-9H3. The third-order valence-electron chi connectivity index (χ3n) is 3.76. The molecule has 0 amide bonds. The molecule has 106 valence electrons. The molecular weight excluding hydrogens is 260 g/mol. The van der Waals surface area contributed by atoms with E-state index in [1.54, 1.807) is 0 Å². The Hall–Kier alpha value is -0.396. The van der Waals surface area contributed by atoms with Crippen LogP contribution in [0.2, 0.25) is 31.2 Å². The van der Waals surface area contributed by atoms with Crippen molar-refractivity contribution in [1.29, 1.82) is 0 Å². The fourth-order valence-electron chi connectivity index (χ4n) is 1.26. The first-order valence-electron chi connectivity index (χ1n) is 6.37. The summed E-state index contributed by atoms with van der Waals surface area (Å²) in [6.07, 6.45) is 1.20. The lowest BCUT2D eigenvalue weighted by atomic mass is 10.2. The Balaban J connectivity index is 4.84. The number of carbonyl (C=O) groups is 1. The summed E-state index contributed by atoms with van der Waals surface area (Å²) in [6, 6.07) is 0. The minimum Gasteiger partial charge on any atom is -0.460 e. The molecule has 0 saturated heterocycles. The Kier molecular flexibility index (Phi) is 5.59. The molecule has 0 aliphatic rings. The van der Waals surface area contributed by atoms with Crippen molar-refractivity contribution >= 4 is 22.6 Å². The lowest BCUT2D eigenvalue weighted by molar-refractivity contribution is -0.139. The molecule has 1 unspecified atom stereocenters. The second kappa shape index (κ2) is 5.71. The molecule has 5 heteroatoms. The maximum atomic E-state index is 11.3. The van der Waals surface area contributed by atoms with Crippen molar-refractivity contribution in [1.82, 2.24) is 0 Å². The van der Waals surface area contributed by atoms with Crippen LogP contribution in [0, 0.1) is 0 Å². The average Bonchev–Trinajstić information content (AvgIpc) is 2.13. The van der Waals surface area contributed by atoms with Crippen LogP contribution in [0.5, 0.6) is 0 Å². The van der Waals surface area contributed by atoms with Gasteiger partial charge in [-0.3, -0.25) is 0 Å². The summed E-state index contributed by atoms with van der Waals surface area (Å²) in [5.74, 6) is -0.373. The average molecular weight is 289 g/mol. The highest BCUT2D eigenvalue weighted by atomic mass is 28.4. The van der Waals surface area contributed by atoms with E-state index in [9.17, 15) is 4.79 Å². The van der Waals surface area contributed by atoms with Gasteiger partial charge in [-0.2, -0.15) is 0 Å². The van der Waals surface area contributed by atoms with Crippen molar-refractivity contribution < 1.29 is 13.6 Å². The van der Waals surface area contributed by atoms with Gasteiger partial charge < -0.3 is 8.85 Å². The van der Waals surface area contributed by atoms with Crippen LogP contribution in [0.4, 0.5) is 0 Å². The molecule has 0 radical (unpaired) electrons. The normalized spacial score (nSPS) is 15.1. The molecule has 0 bridgehead atoms. The molecule has 0 spiro atoms. The van der Waals surface area contributed by atoms with Crippen LogP contribution in [-0.4, -0.2) is 28.3 Å². The number of hydrogen-bond acceptors (Lipinski definition) is 3. The zero-order valence-corrected chi connectivity index (χ0v) is 15.1. The van der Waals surface area contributed by atoms with Gasteiger partial charge in [0.1, 0.15) is 5.73 Å². The van der Waals surface area contributed by atoms with E-state index in [1.807, 2.05) is 6.92 Å². The molecule has 0 fully saturated rings. The van der Waals surface area contributed by atoms with Crippen LogP contribution in [0.25, 0.3) is 0 Å². The van der Waals surface area contributed by atoms with E-state index in [0.717, 1.165) is 0 Å². The van der Waals surface area contributed by atoms with Gasteiger partial charge in [0.05, 0.1) is 0 Å². The number of ether oxygens (including phenoxy) is 1. The second-order valence-electron chi connectivity index (χ2n) is 6.75. The first kappa shape index (κ1) is 17.6. The van der Waals surface area contributed by atoms with Crippen molar-refractivity contribution in [2.75, 3.05) is 0 Å². The molecule has 1 atom stereocenters. The smallest absolute Gasteiger partial charge is 0.330 e. The number of hydrogen-bond donors (Lipinski definition) is 0. The Bertz CT molecular complexity index is 317. The van der Waals surface area contributed by atoms with E-state index >= 15 is 0 Å². The number of rotatable bonds is 5. The van der Waals surface area contributed by atoms with Gasteiger partial charge in [-0.1, -0.05) is 27.4 Å². The predicted molar refractivity (Wildman–Crippen MR) is 81.5 cm³/mol. The maximum absolute atomic E-state index is 11.3. The van der Waals surface area contributed by atoms with Crippen LogP contribution in [-0.2, 0) is 13.6 Å². The summed E-state index contributed by atoms with van der Waals surface area (Å²) < 4.78 is 11.8. The lowest BCUT2D eigenvalue weighted by Gasteiger charge is -2.43. The molecular formula is C13H28O3Si2. The minimum atomic E-state index is -2.06. The Morgan fingerprint density at radius 2 is 1.67 bits per heavy atom. The van der Waals surface area contributed by atoms with E-state index in [2.05, 4.69) is 53.5 Å². The van der Waals surface area contributed by atoms with Crippen molar-refractivity contribution in [3.8, 4) is 0 Å². The molecule has 0 saturated carbocycles. The van der Waals surface area contributed by atoms with Crippen LogP contribution < -0.4 is 0 Å². The fraction of sp³-hybridized carbons (Fsp3) is 0.769. The summed E-state index contributed by atoms with van der Waals surface area (Å²) >= 11 is 0. The van der Waals surface area contributed by atoms with Gasteiger partial charge in [0.25, 0.3) is 0 Å². The lowest BCUT2D eigenvalue weighted by Crippen LogP contribution is -2.55. The summed E-state index contributed by atoms with van der Waals surface area (Å²) in [7, 11) is -3.88. The van der Waals surface area contributed by atoms with E-state index in [-0.39, 0.29) is 16.7 Å². The predicted octanol–water partition coefficient (Wildman–Crippen LogP) is 3.87. The van der Waals surface area contributed by atoms with E-state index in [4.69, 9.17) is 8.85 Å². The summed E-state index contributed by atoms with van der Waals surface area (Å²) in [6.45, 7) is 20.6. The quantitative estimate of drug-likeness (QED) is 0.438. The van der Waals surface area contributed by atoms with E-state index in [1.165, 1.54) is 6.08 Å². The number of esters is 1. The molecule has 0 aliphatic carbocycles. The molecule has 3 nitrogen and oxygen atoms in total. The van der Waals surface area contributed by atoms with Gasteiger partial charge in [-0.05, 0) is 38.2 Å². The van der Waals surface area contributed by atoms with E-state index in [0.29, 0.717) is 0 Å². The molecule has 0 aromatic carbocycles. The summed E-state index contributed by atoms with van der Waals surface area (Å²) in [5, 5.41) is 0.166. The van der Waals surface area contributed by atoms with Crippen molar-refractivity contribution in [2.24, 2.45) is 0 Å². The highest BCUT2D eigenvalue weighted by molar-refractivity contribution is 6.86. The van der Waals surface area contributed by atoms with Gasteiger partial charge in [-0.15, -0.1) is 0 Å². The molecule has 0 aliphatic heterocycles. The highest BCUT2D eigenvalue weighted by Crippen LogP contribution is 2.39. The van der Waals surface area contributed by atoms with Crippen molar-refractivity contribution in [2.45, 2.75) is 64.6 Å². The van der Waals surface area contributed by atoms with E-state index < -0.39 is 16.6 Å². The molecule has 0 N–H and O–H groups in total. The van der Waals surface area contributed by atoms with Crippen LogP contribution in [0.1, 0.15) is 27.7 Å². The van der Waals surface area contributed by atoms with Crippen LogP contribution in [0.15, 0.2) is 12.7 Å². The Morgan fingerprint density at radius 3 is 2.00 bits per heavy atom. The molecule has 0 rings (SSSR count). The first-order valence-corrected chi connectivity index (χ1v) is 12.3. The highest BCUT2D eigenvalue weighted by Gasteiger charge is 2.45. The zero-order chi connectivity index (χ0) is 14.8. The summed E-state index contributed by atoms with van der Waals surface area (Å²) in [4.78, 5) is 11.3. The van der Waals surface area contributed by atoms with Crippen LogP contribution in [0.3, 0.4) is 0 Å².